The van der Waals surface area contributed by atoms with Crippen molar-refractivity contribution in [2.24, 2.45) is 21.7 Å². The number of ether oxygens (including phenoxy) is 1. The molecule has 32 heavy (non-hydrogen) atoms. The van der Waals surface area contributed by atoms with Gasteiger partial charge in [-0.25, -0.2) is 0 Å². The molecular weight excluding hydrogens is 427 g/mol. The number of unbranched alkanes of at least 4 members (excludes halogenated alkanes) is 1. The van der Waals surface area contributed by atoms with Gasteiger partial charge in [-0.15, -0.1) is 5.10 Å². The van der Waals surface area contributed by atoms with Gasteiger partial charge in [0.1, 0.15) is 5.69 Å². The van der Waals surface area contributed by atoms with Crippen molar-refractivity contribution in [1.29, 1.82) is 0 Å². The molecule has 0 N–H and O–H groups in total. The molecule has 0 radical (unpaired) electrons. The summed E-state index contributed by atoms with van der Waals surface area (Å²) >= 11 is 0. The first-order valence-corrected chi connectivity index (χ1v) is 13.9. The molecule has 8 nitrogen and oxygen atoms in total. The summed E-state index contributed by atoms with van der Waals surface area (Å²) in [6.45, 7) is 14.1. The molecule has 1 aromatic rings. The molecule has 0 aliphatic heterocycles. The lowest BCUT2D eigenvalue weighted by Gasteiger charge is -2.34. The highest BCUT2D eigenvalue weighted by molar-refractivity contribution is 7.53. The second kappa shape index (κ2) is 10.9. The molecule has 0 amide bonds. The van der Waals surface area contributed by atoms with E-state index in [1.165, 1.54) is 18.6 Å². The lowest BCUT2D eigenvalue weighted by atomic mass is 9.70. The molecule has 182 valence electrons. The Bertz CT molecular complexity index is 815. The lowest BCUT2D eigenvalue weighted by Crippen LogP contribution is -2.32. The minimum absolute atomic E-state index is 0.263. The number of nitrogens with zero attached hydrogens (tertiary/aromatic N) is 4. The fraction of sp³-hybridized carbons (Fsp3) is 0.870. The quantitative estimate of drug-likeness (QED) is 0.278. The van der Waals surface area contributed by atoms with Gasteiger partial charge in [0.05, 0.1) is 45.3 Å². The summed E-state index contributed by atoms with van der Waals surface area (Å²) in [6.07, 6.45) is 7.69. The van der Waals surface area contributed by atoms with Crippen molar-refractivity contribution in [2.75, 3.05) is 32.5 Å². The molecule has 2 bridgehead atoms. The molecule has 0 saturated heterocycles. The summed E-state index contributed by atoms with van der Waals surface area (Å²) in [6, 6.07) is 0. The Morgan fingerprint density at radius 3 is 2.59 bits per heavy atom. The zero-order valence-corrected chi connectivity index (χ0v) is 21.4. The molecule has 1 heterocycles. The molecular formula is C23H41N4O4P. The summed E-state index contributed by atoms with van der Waals surface area (Å²) in [5, 5.41) is 8.35. The Labute approximate surface area is 193 Å². The monoisotopic (exact) mass is 468 g/mol. The highest BCUT2D eigenvalue weighted by atomic mass is 31.2. The van der Waals surface area contributed by atoms with Crippen LogP contribution in [0.1, 0.15) is 72.4 Å². The van der Waals surface area contributed by atoms with Gasteiger partial charge in [-0.2, -0.15) is 0 Å². The normalized spacial score (nSPS) is 25.8. The van der Waals surface area contributed by atoms with E-state index in [4.69, 9.17) is 18.8 Å². The first kappa shape index (κ1) is 25.5. The Kier molecular flexibility index (Phi) is 8.70. The zero-order valence-electron chi connectivity index (χ0n) is 20.5. The van der Waals surface area contributed by atoms with E-state index in [0.29, 0.717) is 51.1 Å². The Morgan fingerprint density at radius 1 is 1.22 bits per heavy atom. The van der Waals surface area contributed by atoms with Gasteiger partial charge in [-0.3, -0.25) is 14.2 Å². The lowest BCUT2D eigenvalue weighted by molar-refractivity contribution is 0.125. The summed E-state index contributed by atoms with van der Waals surface area (Å²) in [5.74, 6) is 0.785. The predicted octanol–water partition coefficient (Wildman–Crippen LogP) is 5.13. The van der Waals surface area contributed by atoms with Crippen LogP contribution in [0.5, 0.6) is 0 Å². The van der Waals surface area contributed by atoms with Gasteiger partial charge in [0.15, 0.2) is 0 Å². The Balaban J connectivity index is 1.33. The zero-order chi connectivity index (χ0) is 23.2. The summed E-state index contributed by atoms with van der Waals surface area (Å²) < 4.78 is 30.7. The van der Waals surface area contributed by atoms with E-state index in [2.05, 4.69) is 31.1 Å². The number of fused-ring (bicyclic) bond motifs is 2. The van der Waals surface area contributed by atoms with E-state index in [1.54, 1.807) is 0 Å². The van der Waals surface area contributed by atoms with E-state index < -0.39 is 7.60 Å². The molecule has 1 aromatic heterocycles. The van der Waals surface area contributed by atoms with E-state index in [0.717, 1.165) is 30.9 Å². The van der Waals surface area contributed by atoms with Gasteiger partial charge in [-0.1, -0.05) is 26.0 Å². The average Bonchev–Trinajstić information content (AvgIpc) is 3.33. The van der Waals surface area contributed by atoms with Crippen LogP contribution in [0.4, 0.5) is 0 Å². The van der Waals surface area contributed by atoms with Crippen LogP contribution in [-0.2, 0) is 31.5 Å². The molecule has 2 aliphatic rings. The van der Waals surface area contributed by atoms with Crippen LogP contribution in [-0.4, -0.2) is 53.2 Å². The third-order valence-electron chi connectivity index (χ3n) is 7.61. The van der Waals surface area contributed by atoms with Crippen LogP contribution in [0.15, 0.2) is 11.2 Å². The van der Waals surface area contributed by atoms with Crippen molar-refractivity contribution in [3.63, 3.8) is 0 Å². The minimum Gasteiger partial charge on any atom is -0.373 e. The highest BCUT2D eigenvalue weighted by Crippen LogP contribution is 2.63. The third-order valence-corrected chi connectivity index (χ3v) is 9.77. The molecule has 2 atom stereocenters. The predicted molar refractivity (Wildman–Crippen MR) is 126 cm³/mol. The van der Waals surface area contributed by atoms with Gasteiger partial charge < -0.3 is 13.8 Å². The topological polar surface area (TPSA) is 87.8 Å². The van der Waals surface area contributed by atoms with E-state index in [-0.39, 0.29) is 5.41 Å². The van der Waals surface area contributed by atoms with Crippen LogP contribution >= 0.6 is 7.60 Å². The number of aromatic nitrogens is 3. The average molecular weight is 469 g/mol. The largest absolute Gasteiger partial charge is 0.373 e. The van der Waals surface area contributed by atoms with Gasteiger partial charge in [0, 0.05) is 17.7 Å². The molecule has 2 fully saturated rings. The number of aryl methyl sites for hydroxylation is 1. The van der Waals surface area contributed by atoms with Gasteiger partial charge in [0.2, 0.25) is 0 Å². The maximum Gasteiger partial charge on any atom is 0.330 e. The Hall–Kier alpha value is -1.08. The first-order chi connectivity index (χ1) is 15.2. The molecule has 2 aliphatic carbocycles. The fourth-order valence-corrected chi connectivity index (χ4v) is 6.97. The second-order valence-corrected chi connectivity index (χ2v) is 11.9. The van der Waals surface area contributed by atoms with Crippen molar-refractivity contribution in [3.05, 3.63) is 11.9 Å². The molecule has 0 unspecified atom stereocenters. The van der Waals surface area contributed by atoms with E-state index >= 15 is 0 Å². The van der Waals surface area contributed by atoms with Crippen LogP contribution in [0, 0.1) is 16.7 Å². The molecule has 0 aromatic carbocycles. The Morgan fingerprint density at radius 2 is 1.97 bits per heavy atom. The minimum atomic E-state index is -2.96. The first-order valence-electron chi connectivity index (χ1n) is 12.1. The smallest absolute Gasteiger partial charge is 0.330 e. The fourth-order valence-electron chi connectivity index (χ4n) is 5.24. The van der Waals surface area contributed by atoms with Gasteiger partial charge >= 0.3 is 7.60 Å². The standard InChI is InChI=1S/C23H41N4O4P/c1-6-30-32(28,31-7-2)15-9-8-13-27-17-20(25-26-27)18-29-14-12-24-21-16-19-10-11-23(21,5)22(19,3)4/h17,19H,6-16,18H2,1-5H3/t19-,23+/m1/s1. The van der Waals surface area contributed by atoms with Crippen molar-refractivity contribution < 1.29 is 18.3 Å². The van der Waals surface area contributed by atoms with Crippen LogP contribution in [0.25, 0.3) is 0 Å². The number of hydrogen-bond acceptors (Lipinski definition) is 7. The molecule has 9 heteroatoms. The molecule has 2 saturated carbocycles. The summed E-state index contributed by atoms with van der Waals surface area (Å²) in [4.78, 5) is 4.91. The second-order valence-electron chi connectivity index (χ2n) is 9.72. The maximum absolute atomic E-state index is 12.5. The van der Waals surface area contributed by atoms with Crippen molar-refractivity contribution in [2.45, 2.75) is 79.9 Å². The molecule has 0 spiro atoms. The summed E-state index contributed by atoms with van der Waals surface area (Å²) in [5.41, 5.74) is 2.85. The number of rotatable bonds is 14. The van der Waals surface area contributed by atoms with Crippen LogP contribution < -0.4 is 0 Å². The SMILES string of the molecule is CCOP(=O)(CCCCn1cc(COCCN=C2C[C@H]3CC[C@]2(C)C3(C)C)nn1)OCC. The summed E-state index contributed by atoms with van der Waals surface area (Å²) in [7, 11) is -2.96. The van der Waals surface area contributed by atoms with Crippen LogP contribution in [0.3, 0.4) is 0 Å². The van der Waals surface area contributed by atoms with Gasteiger partial charge in [-0.05, 0) is 57.3 Å². The molecule has 3 rings (SSSR count). The van der Waals surface area contributed by atoms with Crippen LogP contribution in [0.2, 0.25) is 0 Å². The number of hydrogen-bond donors (Lipinski definition) is 0. The van der Waals surface area contributed by atoms with Crippen molar-refractivity contribution in [3.8, 4) is 0 Å². The highest BCUT2D eigenvalue weighted by Gasteiger charge is 2.59. The third kappa shape index (κ3) is 5.69. The van der Waals surface area contributed by atoms with Crippen molar-refractivity contribution >= 4 is 13.3 Å². The van der Waals surface area contributed by atoms with Crippen molar-refractivity contribution in [1.82, 2.24) is 15.0 Å². The van der Waals surface area contributed by atoms with E-state index in [9.17, 15) is 4.57 Å². The van der Waals surface area contributed by atoms with E-state index in [1.807, 2.05) is 24.7 Å². The maximum atomic E-state index is 12.5. The van der Waals surface area contributed by atoms with Gasteiger partial charge in [0.25, 0.3) is 0 Å². The number of aliphatic imine (C=N–C) groups is 1.